The maximum Gasteiger partial charge on any atom is 0.355 e. The van der Waals surface area contributed by atoms with E-state index >= 15 is 0 Å². The zero-order valence-corrected chi connectivity index (χ0v) is 30.3. The molecule has 1 atom stereocenters. The van der Waals surface area contributed by atoms with E-state index in [1.165, 1.54) is 16.7 Å². The lowest BCUT2D eigenvalue weighted by Gasteiger charge is -2.19. The lowest BCUT2D eigenvalue weighted by atomic mass is 9.98. The number of rotatable bonds is 8. The van der Waals surface area contributed by atoms with Gasteiger partial charge in [0.1, 0.15) is 22.6 Å². The lowest BCUT2D eigenvalue weighted by Crippen LogP contribution is -2.24. The Labute approximate surface area is 279 Å². The van der Waals surface area contributed by atoms with Gasteiger partial charge in [0.15, 0.2) is 0 Å². The van der Waals surface area contributed by atoms with Crippen molar-refractivity contribution in [2.45, 2.75) is 132 Å². The van der Waals surface area contributed by atoms with Gasteiger partial charge in [0.05, 0.1) is 11.4 Å². The molecule has 0 bridgehead atoms. The Morgan fingerprint density at radius 1 is 0.894 bits per heavy atom. The Kier molecular flexibility index (Phi) is 9.12. The average Bonchev–Trinajstić information content (AvgIpc) is 3.74. The molecule has 0 aromatic carbocycles. The number of aromatic amines is 3. The fraction of sp³-hybridized carbons (Fsp3) is 0.513. The van der Waals surface area contributed by atoms with Crippen LogP contribution in [0.4, 0.5) is 0 Å². The summed E-state index contributed by atoms with van der Waals surface area (Å²) in [5, 5.41) is 0. The molecule has 8 heteroatoms. The van der Waals surface area contributed by atoms with Gasteiger partial charge in [0.2, 0.25) is 0 Å². The summed E-state index contributed by atoms with van der Waals surface area (Å²) in [5.74, 6) is -0.469. The molecule has 252 valence electrons. The van der Waals surface area contributed by atoms with Gasteiger partial charge >= 0.3 is 11.9 Å². The molecule has 3 aromatic heterocycles. The molecule has 2 aliphatic rings. The minimum atomic E-state index is -0.564. The van der Waals surface area contributed by atoms with Crippen LogP contribution in [0.1, 0.15) is 153 Å². The highest BCUT2D eigenvalue weighted by Gasteiger charge is 2.33. The summed E-state index contributed by atoms with van der Waals surface area (Å²) in [5.41, 5.74) is 14.1. The molecule has 47 heavy (non-hydrogen) atoms. The molecule has 8 nitrogen and oxygen atoms in total. The van der Waals surface area contributed by atoms with Gasteiger partial charge in [-0.05, 0) is 146 Å². The third kappa shape index (κ3) is 6.83. The maximum absolute atomic E-state index is 13.0. The molecule has 0 radical (unpaired) electrons. The summed E-state index contributed by atoms with van der Waals surface area (Å²) >= 11 is 0. The Balaban J connectivity index is 1.42. The minimum Gasteiger partial charge on any atom is -0.455 e. The first-order valence-corrected chi connectivity index (χ1v) is 17.0. The molecule has 0 saturated carbocycles. The van der Waals surface area contributed by atoms with E-state index in [-0.39, 0.29) is 17.9 Å². The van der Waals surface area contributed by atoms with E-state index in [9.17, 15) is 9.59 Å². The SMILES string of the molecule is CCC1=C(C)/C(=C/c2[nH]c(C3CCc4c3[nH]c(C(=O)OC(C)(C)C)c4C)cc2C)N=C1Cc1[nH]c(C(=O)OC(C)(C)C)c(CC)c1C. The number of aromatic nitrogens is 3. The number of fused-ring (bicyclic) bond motifs is 1. The van der Waals surface area contributed by atoms with Gasteiger partial charge in [0, 0.05) is 35.1 Å². The van der Waals surface area contributed by atoms with Crippen molar-refractivity contribution in [1.29, 1.82) is 0 Å². The second-order valence-corrected chi connectivity index (χ2v) is 15.1. The standard InChI is InChI=1S/C39H52N4O4/c1-13-24-21(4)29(41-32(24)19-30-22(5)25(14-2)35(42-30)37(45)47-39(10,11)12)18-28-20(3)17-31(40-28)27-16-15-26-23(6)33(43-34(26)27)36(44)46-38(7,8)9/h17-18,27,40,42-43H,13-16,19H2,1-12H3/b29-18-. The predicted octanol–water partition coefficient (Wildman–Crippen LogP) is 8.91. The molecular formula is C39H52N4O4. The first-order valence-electron chi connectivity index (χ1n) is 17.0. The number of aliphatic imine (C=N–C) groups is 1. The van der Waals surface area contributed by atoms with Gasteiger partial charge in [-0.1, -0.05) is 13.8 Å². The Bertz CT molecular complexity index is 1820. The van der Waals surface area contributed by atoms with Crippen LogP contribution < -0.4 is 0 Å². The maximum atomic E-state index is 13.0. The Hall–Kier alpha value is -4.07. The van der Waals surface area contributed by atoms with Gasteiger partial charge < -0.3 is 24.4 Å². The van der Waals surface area contributed by atoms with Gasteiger partial charge in [-0.15, -0.1) is 0 Å². The second kappa shape index (κ2) is 12.5. The molecule has 1 aliphatic heterocycles. The molecule has 0 spiro atoms. The van der Waals surface area contributed by atoms with E-state index in [2.05, 4.69) is 61.7 Å². The number of hydrogen-bond donors (Lipinski definition) is 3. The van der Waals surface area contributed by atoms with E-state index in [4.69, 9.17) is 14.5 Å². The zero-order valence-electron chi connectivity index (χ0n) is 30.3. The van der Waals surface area contributed by atoms with Crippen LogP contribution in [0, 0.1) is 20.8 Å². The van der Waals surface area contributed by atoms with Crippen molar-refractivity contribution in [3.63, 3.8) is 0 Å². The molecule has 0 fully saturated rings. The van der Waals surface area contributed by atoms with Gasteiger partial charge in [-0.25, -0.2) is 9.59 Å². The zero-order chi connectivity index (χ0) is 34.6. The predicted molar refractivity (Wildman–Crippen MR) is 189 cm³/mol. The number of nitrogens with one attached hydrogen (secondary N) is 3. The van der Waals surface area contributed by atoms with Gasteiger partial charge in [0.25, 0.3) is 0 Å². The molecule has 0 amide bonds. The number of hydrogen-bond acceptors (Lipinski definition) is 5. The highest BCUT2D eigenvalue weighted by Crippen LogP contribution is 2.41. The van der Waals surface area contributed by atoms with Crippen molar-refractivity contribution in [3.05, 3.63) is 84.9 Å². The van der Waals surface area contributed by atoms with Crippen LogP contribution in [0.2, 0.25) is 0 Å². The molecule has 3 N–H and O–H groups in total. The largest absolute Gasteiger partial charge is 0.455 e. The van der Waals surface area contributed by atoms with E-state index in [1.807, 2.05) is 48.5 Å². The van der Waals surface area contributed by atoms with Crippen LogP contribution in [0.25, 0.3) is 6.08 Å². The van der Waals surface area contributed by atoms with Crippen molar-refractivity contribution in [1.82, 2.24) is 15.0 Å². The quantitative estimate of drug-likeness (QED) is 0.213. The first kappa shape index (κ1) is 34.3. The van der Waals surface area contributed by atoms with Crippen LogP contribution in [0.15, 0.2) is 27.9 Å². The fourth-order valence-corrected chi connectivity index (χ4v) is 7.03. The highest BCUT2D eigenvalue weighted by atomic mass is 16.6. The van der Waals surface area contributed by atoms with Gasteiger partial charge in [-0.2, -0.15) is 0 Å². The Morgan fingerprint density at radius 2 is 1.53 bits per heavy atom. The fourth-order valence-electron chi connectivity index (χ4n) is 7.03. The van der Waals surface area contributed by atoms with Gasteiger partial charge in [-0.3, -0.25) is 4.99 Å². The number of nitrogens with zero attached hydrogens (tertiary/aromatic N) is 1. The summed E-state index contributed by atoms with van der Waals surface area (Å²) in [6.07, 6.45) is 6.28. The normalized spacial score (nSPS) is 17.5. The molecule has 5 rings (SSSR count). The summed E-state index contributed by atoms with van der Waals surface area (Å²) in [7, 11) is 0. The number of aryl methyl sites for hydroxylation is 1. The molecule has 1 unspecified atom stereocenters. The third-order valence-corrected chi connectivity index (χ3v) is 9.36. The highest BCUT2D eigenvalue weighted by molar-refractivity contribution is 6.06. The van der Waals surface area contributed by atoms with E-state index in [0.717, 1.165) is 82.1 Å². The summed E-state index contributed by atoms with van der Waals surface area (Å²) in [4.78, 5) is 41.7. The summed E-state index contributed by atoms with van der Waals surface area (Å²) in [6, 6.07) is 2.22. The van der Waals surface area contributed by atoms with Crippen LogP contribution in [-0.2, 0) is 28.7 Å². The third-order valence-electron chi connectivity index (χ3n) is 9.36. The lowest BCUT2D eigenvalue weighted by molar-refractivity contribution is 0.00499. The van der Waals surface area contributed by atoms with Crippen LogP contribution in [-0.4, -0.2) is 43.8 Å². The van der Waals surface area contributed by atoms with Crippen molar-refractivity contribution in [3.8, 4) is 0 Å². The average molecular weight is 641 g/mol. The monoisotopic (exact) mass is 640 g/mol. The Morgan fingerprint density at radius 3 is 2.13 bits per heavy atom. The molecule has 1 aliphatic carbocycles. The number of ether oxygens (including phenoxy) is 2. The van der Waals surface area contributed by atoms with Crippen LogP contribution in [0.5, 0.6) is 0 Å². The number of allylic oxidation sites excluding steroid dienone is 2. The van der Waals surface area contributed by atoms with Crippen molar-refractivity contribution < 1.29 is 19.1 Å². The minimum absolute atomic E-state index is 0.152. The number of H-pyrrole nitrogens is 3. The topological polar surface area (TPSA) is 112 Å². The first-order chi connectivity index (χ1) is 21.9. The molecular weight excluding hydrogens is 588 g/mol. The van der Waals surface area contributed by atoms with Crippen molar-refractivity contribution in [2.24, 2.45) is 4.99 Å². The second-order valence-electron chi connectivity index (χ2n) is 15.1. The van der Waals surface area contributed by atoms with Crippen LogP contribution >= 0.6 is 0 Å². The van der Waals surface area contributed by atoms with E-state index < -0.39 is 11.2 Å². The smallest absolute Gasteiger partial charge is 0.355 e. The number of carbonyl (C=O) groups excluding carboxylic acids is 2. The summed E-state index contributed by atoms with van der Waals surface area (Å²) < 4.78 is 11.4. The van der Waals surface area contributed by atoms with Crippen molar-refractivity contribution >= 4 is 23.7 Å². The molecule has 0 saturated heterocycles. The number of carbonyl (C=O) groups is 2. The number of esters is 2. The molecule has 4 heterocycles. The van der Waals surface area contributed by atoms with E-state index in [0.29, 0.717) is 17.8 Å². The summed E-state index contributed by atoms with van der Waals surface area (Å²) in [6.45, 7) is 23.9. The van der Waals surface area contributed by atoms with Crippen LogP contribution in [0.3, 0.4) is 0 Å². The van der Waals surface area contributed by atoms with E-state index in [1.54, 1.807) is 0 Å². The van der Waals surface area contributed by atoms with Crippen molar-refractivity contribution in [2.75, 3.05) is 0 Å². The molecule has 3 aromatic rings.